The molecule has 94 valence electrons. The van der Waals surface area contributed by atoms with Crippen LogP contribution in [-0.2, 0) is 4.79 Å². The molecule has 3 aliphatic rings. The van der Waals surface area contributed by atoms with Crippen LogP contribution in [0.2, 0.25) is 0 Å². The number of Topliss-reactive ketones (excluding diaryl/α,β-unsaturated/α-hetero) is 1. The lowest BCUT2D eigenvalue weighted by Gasteiger charge is -2.37. The first-order valence-corrected chi connectivity index (χ1v) is 7.33. The summed E-state index contributed by atoms with van der Waals surface area (Å²) >= 11 is 1.68. The number of fused-ring (bicyclic) bond motifs is 2. The largest absolute Gasteiger partial charge is 0.363 e. The number of aliphatic imine (C=N–C) groups is 1. The van der Waals surface area contributed by atoms with Crippen LogP contribution in [0, 0.1) is 16.7 Å². The van der Waals surface area contributed by atoms with Gasteiger partial charge in [0.1, 0.15) is 5.78 Å². The van der Waals surface area contributed by atoms with Gasteiger partial charge in [-0.25, -0.2) is 0 Å². The van der Waals surface area contributed by atoms with Crippen LogP contribution < -0.4 is 5.32 Å². The molecule has 3 nitrogen and oxygen atoms in total. The molecule has 3 atom stereocenters. The molecular weight excluding hydrogens is 232 g/mol. The van der Waals surface area contributed by atoms with Gasteiger partial charge in [0, 0.05) is 12.5 Å². The predicted octanol–water partition coefficient (Wildman–Crippen LogP) is 2.07. The Morgan fingerprint density at radius 2 is 2.18 bits per heavy atom. The molecular formula is C13H20N2OS. The molecule has 0 radical (unpaired) electrons. The Balaban J connectivity index is 1.88. The van der Waals surface area contributed by atoms with Crippen molar-refractivity contribution in [3.63, 3.8) is 0 Å². The van der Waals surface area contributed by atoms with Crippen LogP contribution in [0.3, 0.4) is 0 Å². The van der Waals surface area contributed by atoms with Crippen molar-refractivity contribution in [3.05, 3.63) is 0 Å². The Bertz CT molecular complexity index is 404. The summed E-state index contributed by atoms with van der Waals surface area (Å²) in [6.07, 6.45) is 2.26. The molecule has 0 saturated heterocycles. The lowest BCUT2D eigenvalue weighted by Crippen LogP contribution is -2.37. The van der Waals surface area contributed by atoms with Crippen molar-refractivity contribution in [2.24, 2.45) is 21.7 Å². The van der Waals surface area contributed by atoms with Crippen molar-refractivity contribution in [2.45, 2.75) is 38.9 Å². The van der Waals surface area contributed by atoms with E-state index in [2.05, 4.69) is 31.1 Å². The Labute approximate surface area is 107 Å². The minimum absolute atomic E-state index is 0.112. The minimum Gasteiger partial charge on any atom is -0.363 e. The summed E-state index contributed by atoms with van der Waals surface area (Å²) in [5.74, 6) is 0.733. The molecule has 0 aromatic rings. The molecule has 0 aromatic heterocycles. The van der Waals surface area contributed by atoms with Crippen molar-refractivity contribution in [1.82, 2.24) is 5.32 Å². The van der Waals surface area contributed by atoms with Gasteiger partial charge < -0.3 is 5.32 Å². The summed E-state index contributed by atoms with van der Waals surface area (Å²) in [6.45, 7) is 8.62. The molecule has 0 spiro atoms. The first-order chi connectivity index (χ1) is 7.97. The smallest absolute Gasteiger partial charge is 0.157 e. The zero-order valence-electron chi connectivity index (χ0n) is 10.7. The van der Waals surface area contributed by atoms with Crippen molar-refractivity contribution in [1.29, 1.82) is 0 Å². The molecule has 0 unspecified atom stereocenters. The van der Waals surface area contributed by atoms with Crippen LogP contribution >= 0.6 is 11.8 Å². The molecule has 4 heteroatoms. The molecule has 2 saturated carbocycles. The lowest BCUT2D eigenvalue weighted by molar-refractivity contribution is -0.122. The van der Waals surface area contributed by atoms with E-state index < -0.39 is 0 Å². The number of rotatable bonds is 1. The molecule has 0 aromatic carbocycles. The van der Waals surface area contributed by atoms with Crippen LogP contribution in [0.15, 0.2) is 4.99 Å². The Hall–Kier alpha value is -0.510. The Kier molecular flexibility index (Phi) is 2.38. The van der Waals surface area contributed by atoms with Crippen LogP contribution in [-0.4, -0.2) is 29.3 Å². The maximum atomic E-state index is 12.5. The zero-order chi connectivity index (χ0) is 12.3. The highest BCUT2D eigenvalue weighted by atomic mass is 32.2. The van der Waals surface area contributed by atoms with E-state index in [1.807, 2.05) is 0 Å². The second kappa shape index (κ2) is 3.50. The highest BCUT2D eigenvalue weighted by Crippen LogP contribution is 2.66. The number of carbonyl (C=O) groups excluding carboxylic acids is 1. The zero-order valence-corrected chi connectivity index (χ0v) is 11.6. The van der Waals surface area contributed by atoms with Gasteiger partial charge in [-0.3, -0.25) is 9.79 Å². The maximum absolute atomic E-state index is 12.5. The summed E-state index contributed by atoms with van der Waals surface area (Å²) in [5, 5.41) is 4.36. The van der Waals surface area contributed by atoms with Gasteiger partial charge in [-0.05, 0) is 23.7 Å². The van der Waals surface area contributed by atoms with Crippen molar-refractivity contribution in [2.75, 3.05) is 13.1 Å². The Morgan fingerprint density at radius 1 is 1.41 bits per heavy atom. The third-order valence-electron chi connectivity index (χ3n) is 5.35. The van der Waals surface area contributed by atoms with Gasteiger partial charge in [0.2, 0.25) is 0 Å². The number of nitrogens with zero attached hydrogens (tertiary/aromatic N) is 1. The molecule has 2 fully saturated rings. The number of carbonyl (C=O) groups is 1. The molecule has 1 heterocycles. The standard InChI is InChI=1S/C13H20N2OS/c1-12(2)8-4-5-13(12,3)10(9(8)16)17-11-14-6-7-15-11/h8,10H,4-7H2,1-3H3,(H,14,15)/t8-,10-,13-/m0/s1. The van der Waals surface area contributed by atoms with Gasteiger partial charge in [0.25, 0.3) is 0 Å². The summed E-state index contributed by atoms with van der Waals surface area (Å²) in [7, 11) is 0. The number of ketones is 1. The first-order valence-electron chi connectivity index (χ1n) is 6.45. The third-order valence-corrected chi connectivity index (χ3v) is 6.83. The number of amidine groups is 1. The molecule has 1 aliphatic heterocycles. The monoisotopic (exact) mass is 252 g/mol. The van der Waals surface area contributed by atoms with E-state index in [9.17, 15) is 4.79 Å². The second-order valence-electron chi connectivity index (χ2n) is 6.24. The fraction of sp³-hybridized carbons (Fsp3) is 0.846. The van der Waals surface area contributed by atoms with E-state index in [4.69, 9.17) is 0 Å². The summed E-state index contributed by atoms with van der Waals surface area (Å²) in [5.41, 5.74) is 0.299. The van der Waals surface area contributed by atoms with Gasteiger partial charge in [0.15, 0.2) is 5.17 Å². The predicted molar refractivity (Wildman–Crippen MR) is 71.3 cm³/mol. The van der Waals surface area contributed by atoms with Crippen molar-refractivity contribution in [3.8, 4) is 0 Å². The van der Waals surface area contributed by atoms with Gasteiger partial charge in [0.05, 0.1) is 11.8 Å². The highest BCUT2D eigenvalue weighted by molar-refractivity contribution is 8.15. The number of hydrogen-bond donors (Lipinski definition) is 1. The molecule has 3 rings (SSSR count). The SMILES string of the molecule is CC1(C)[C@H]2CC[C@@]1(C)[C@@H](SC1=NCCN1)C2=O. The summed E-state index contributed by atoms with van der Waals surface area (Å²) in [6, 6.07) is 0. The minimum atomic E-state index is 0.112. The third kappa shape index (κ3) is 1.36. The summed E-state index contributed by atoms with van der Waals surface area (Å²) in [4.78, 5) is 16.9. The highest BCUT2D eigenvalue weighted by Gasteiger charge is 2.66. The fourth-order valence-electron chi connectivity index (χ4n) is 3.74. The topological polar surface area (TPSA) is 41.5 Å². The first kappa shape index (κ1) is 11.6. The van der Waals surface area contributed by atoms with Crippen LogP contribution in [0.5, 0.6) is 0 Å². The van der Waals surface area contributed by atoms with Gasteiger partial charge in [-0.1, -0.05) is 32.5 Å². The van der Waals surface area contributed by atoms with E-state index >= 15 is 0 Å². The second-order valence-corrected chi connectivity index (χ2v) is 7.34. The van der Waals surface area contributed by atoms with E-state index in [0.717, 1.165) is 24.7 Å². The van der Waals surface area contributed by atoms with Gasteiger partial charge >= 0.3 is 0 Å². The number of thioether (sulfide) groups is 1. The summed E-state index contributed by atoms with van der Waals surface area (Å²) < 4.78 is 0. The van der Waals surface area contributed by atoms with E-state index in [0.29, 0.717) is 5.78 Å². The van der Waals surface area contributed by atoms with Crippen molar-refractivity contribution >= 4 is 22.7 Å². The quantitative estimate of drug-likeness (QED) is 0.777. The van der Waals surface area contributed by atoms with Gasteiger partial charge in [-0.2, -0.15) is 0 Å². The van der Waals surface area contributed by atoms with E-state index in [-0.39, 0.29) is 22.0 Å². The van der Waals surface area contributed by atoms with Crippen LogP contribution in [0.4, 0.5) is 0 Å². The molecule has 2 bridgehead atoms. The average molecular weight is 252 g/mol. The Morgan fingerprint density at radius 3 is 2.71 bits per heavy atom. The van der Waals surface area contributed by atoms with Crippen LogP contribution in [0.1, 0.15) is 33.6 Å². The van der Waals surface area contributed by atoms with Gasteiger partial charge in [-0.15, -0.1) is 0 Å². The fourth-order valence-corrected chi connectivity index (χ4v) is 5.28. The van der Waals surface area contributed by atoms with E-state index in [1.165, 1.54) is 6.42 Å². The average Bonchev–Trinajstić information content (AvgIpc) is 2.86. The molecule has 0 amide bonds. The number of nitrogens with one attached hydrogen (secondary N) is 1. The molecule has 17 heavy (non-hydrogen) atoms. The van der Waals surface area contributed by atoms with Crippen LogP contribution in [0.25, 0.3) is 0 Å². The molecule has 2 aliphatic carbocycles. The molecule has 1 N–H and O–H groups in total. The van der Waals surface area contributed by atoms with Crippen molar-refractivity contribution < 1.29 is 4.79 Å². The maximum Gasteiger partial charge on any atom is 0.157 e. The lowest BCUT2D eigenvalue weighted by atomic mass is 9.71. The van der Waals surface area contributed by atoms with E-state index in [1.54, 1.807) is 11.8 Å². The number of hydrogen-bond acceptors (Lipinski definition) is 4. The normalized spacial score (nSPS) is 42.8.